The van der Waals surface area contributed by atoms with Gasteiger partial charge in [0.1, 0.15) is 5.82 Å². The van der Waals surface area contributed by atoms with E-state index in [9.17, 15) is 12.8 Å². The first-order chi connectivity index (χ1) is 11.5. The molecule has 0 N–H and O–H groups in total. The molecule has 0 unspecified atom stereocenters. The van der Waals surface area contributed by atoms with Crippen molar-refractivity contribution in [3.63, 3.8) is 0 Å². The molecule has 0 fully saturated rings. The minimum atomic E-state index is -3.88. The van der Waals surface area contributed by atoms with Crippen molar-refractivity contribution < 1.29 is 17.3 Å². The molecule has 24 heavy (non-hydrogen) atoms. The lowest BCUT2D eigenvalue weighted by atomic mass is 10.3. The zero-order valence-corrected chi connectivity index (χ0v) is 13.7. The van der Waals surface area contributed by atoms with E-state index in [1.54, 1.807) is 31.2 Å². The second-order valence-corrected chi connectivity index (χ2v) is 7.10. The second kappa shape index (κ2) is 6.45. The van der Waals surface area contributed by atoms with Crippen LogP contribution in [0.4, 0.5) is 10.1 Å². The molecule has 0 aliphatic carbocycles. The molecular formula is C17H15FN2O3S. The van der Waals surface area contributed by atoms with Crippen molar-refractivity contribution in [3.8, 4) is 0 Å². The van der Waals surface area contributed by atoms with Crippen molar-refractivity contribution in [3.05, 3.63) is 77.9 Å². The van der Waals surface area contributed by atoms with E-state index in [4.69, 9.17) is 4.52 Å². The number of benzene rings is 2. The minimum absolute atomic E-state index is 0.0818. The highest BCUT2D eigenvalue weighted by molar-refractivity contribution is 7.92. The largest absolute Gasteiger partial charge is 0.359 e. The van der Waals surface area contributed by atoms with Gasteiger partial charge in [-0.2, -0.15) is 0 Å². The molecule has 0 bridgehead atoms. The smallest absolute Gasteiger partial charge is 0.264 e. The van der Waals surface area contributed by atoms with Gasteiger partial charge in [0, 0.05) is 6.07 Å². The second-order valence-electron chi connectivity index (χ2n) is 5.24. The van der Waals surface area contributed by atoms with E-state index in [0.717, 1.165) is 4.31 Å². The van der Waals surface area contributed by atoms with Crippen LogP contribution in [-0.2, 0) is 16.6 Å². The normalized spacial score (nSPS) is 11.4. The molecule has 0 spiro atoms. The van der Waals surface area contributed by atoms with Gasteiger partial charge in [0.05, 0.1) is 22.8 Å². The summed E-state index contributed by atoms with van der Waals surface area (Å²) >= 11 is 0. The maximum atomic E-state index is 13.6. The van der Waals surface area contributed by atoms with E-state index in [1.807, 2.05) is 0 Å². The Morgan fingerprint density at radius 2 is 1.83 bits per heavy atom. The van der Waals surface area contributed by atoms with Crippen molar-refractivity contribution in [2.45, 2.75) is 18.4 Å². The lowest BCUT2D eigenvalue weighted by Gasteiger charge is -2.23. The number of hydrogen-bond acceptors (Lipinski definition) is 4. The van der Waals surface area contributed by atoms with E-state index in [0.29, 0.717) is 11.5 Å². The van der Waals surface area contributed by atoms with Gasteiger partial charge < -0.3 is 4.52 Å². The monoisotopic (exact) mass is 346 g/mol. The summed E-state index contributed by atoms with van der Waals surface area (Å²) in [6.45, 7) is 1.66. The zero-order valence-electron chi connectivity index (χ0n) is 12.9. The molecule has 0 aliphatic rings. The molecule has 0 saturated carbocycles. The number of hydrogen-bond donors (Lipinski definition) is 0. The van der Waals surface area contributed by atoms with Gasteiger partial charge in [-0.25, -0.2) is 12.8 Å². The van der Waals surface area contributed by atoms with Crippen molar-refractivity contribution in [1.29, 1.82) is 0 Å². The summed E-state index contributed by atoms with van der Waals surface area (Å²) in [6.07, 6.45) is 0. The van der Waals surface area contributed by atoms with Crippen LogP contribution in [0.2, 0.25) is 0 Å². The summed E-state index contributed by atoms with van der Waals surface area (Å²) in [6, 6.07) is 15.1. The maximum absolute atomic E-state index is 13.6. The lowest BCUT2D eigenvalue weighted by Crippen LogP contribution is -2.30. The van der Waals surface area contributed by atoms with Gasteiger partial charge in [0.2, 0.25) is 0 Å². The molecule has 0 radical (unpaired) electrons. The summed E-state index contributed by atoms with van der Waals surface area (Å²) in [7, 11) is -3.88. The topological polar surface area (TPSA) is 63.4 Å². The fourth-order valence-corrected chi connectivity index (χ4v) is 3.74. The summed E-state index contributed by atoms with van der Waals surface area (Å²) in [5.74, 6) is -0.147. The molecule has 7 heteroatoms. The minimum Gasteiger partial charge on any atom is -0.359 e. The number of anilines is 1. The predicted octanol–water partition coefficient (Wildman–Crippen LogP) is 3.52. The average molecular weight is 346 g/mol. The first-order valence-corrected chi connectivity index (χ1v) is 8.66. The molecule has 3 rings (SSSR count). The molecule has 3 aromatic rings. The van der Waals surface area contributed by atoms with Gasteiger partial charge >= 0.3 is 0 Å². The average Bonchev–Trinajstić information content (AvgIpc) is 2.98. The van der Waals surface area contributed by atoms with E-state index < -0.39 is 15.8 Å². The number of sulfonamides is 1. The first kappa shape index (κ1) is 16.2. The Kier molecular flexibility index (Phi) is 4.35. The molecule has 1 aromatic heterocycles. The van der Waals surface area contributed by atoms with Gasteiger partial charge in [-0.15, -0.1) is 0 Å². The Morgan fingerprint density at radius 1 is 1.08 bits per heavy atom. The summed E-state index contributed by atoms with van der Waals surface area (Å²) in [4.78, 5) is 0.116. The van der Waals surface area contributed by atoms with Crippen molar-refractivity contribution in [1.82, 2.24) is 5.16 Å². The Bertz CT molecular complexity index is 939. The van der Waals surface area contributed by atoms with Crippen molar-refractivity contribution in [2.75, 3.05) is 4.31 Å². The third kappa shape index (κ3) is 3.30. The van der Waals surface area contributed by atoms with Gasteiger partial charge in [-0.1, -0.05) is 29.4 Å². The van der Waals surface area contributed by atoms with Gasteiger partial charge in [-0.3, -0.25) is 4.31 Å². The highest BCUT2D eigenvalue weighted by atomic mass is 32.2. The Balaban J connectivity index is 2.08. The van der Waals surface area contributed by atoms with Gasteiger partial charge in [0.15, 0.2) is 5.76 Å². The summed E-state index contributed by atoms with van der Waals surface area (Å²) in [5.41, 5.74) is 0.856. The maximum Gasteiger partial charge on any atom is 0.264 e. The van der Waals surface area contributed by atoms with Crippen LogP contribution in [0.15, 0.2) is 70.1 Å². The molecule has 124 valence electrons. The molecule has 0 amide bonds. The van der Waals surface area contributed by atoms with Gasteiger partial charge in [-0.05, 0) is 37.3 Å². The molecule has 2 aromatic carbocycles. The first-order valence-electron chi connectivity index (χ1n) is 7.22. The number of nitrogens with zero attached hydrogens (tertiary/aromatic N) is 2. The van der Waals surface area contributed by atoms with Crippen LogP contribution in [-0.4, -0.2) is 13.6 Å². The fraction of sp³-hybridized carbons (Fsp3) is 0.118. The van der Waals surface area contributed by atoms with Crippen LogP contribution in [0.25, 0.3) is 0 Å². The van der Waals surface area contributed by atoms with E-state index >= 15 is 0 Å². The molecule has 0 saturated heterocycles. The lowest BCUT2D eigenvalue weighted by molar-refractivity contribution is 0.381. The SMILES string of the molecule is Cc1cc(CN(c2cccc(F)c2)S(=O)(=O)c2ccccc2)on1. The number of aromatic nitrogens is 1. The molecule has 0 aliphatic heterocycles. The summed E-state index contributed by atoms with van der Waals surface area (Å²) in [5, 5.41) is 3.77. The van der Waals surface area contributed by atoms with E-state index in [2.05, 4.69) is 5.16 Å². The van der Waals surface area contributed by atoms with Gasteiger partial charge in [0.25, 0.3) is 10.0 Å². The van der Waals surface area contributed by atoms with Crippen LogP contribution in [0.1, 0.15) is 11.5 Å². The molecular weight excluding hydrogens is 331 g/mol. The number of rotatable bonds is 5. The predicted molar refractivity (Wildman–Crippen MR) is 87.5 cm³/mol. The van der Waals surface area contributed by atoms with Crippen LogP contribution >= 0.6 is 0 Å². The molecule has 1 heterocycles. The Morgan fingerprint density at radius 3 is 2.46 bits per heavy atom. The van der Waals surface area contributed by atoms with Crippen molar-refractivity contribution in [2.24, 2.45) is 0 Å². The standard InChI is InChI=1S/C17H15FN2O3S/c1-13-10-16(23-19-13)12-20(15-7-5-6-14(18)11-15)24(21,22)17-8-3-2-4-9-17/h2-11H,12H2,1H3. The van der Waals surface area contributed by atoms with E-state index in [1.165, 1.54) is 36.4 Å². The molecule has 0 atom stereocenters. The number of aryl methyl sites for hydroxylation is 1. The zero-order chi connectivity index (χ0) is 17.2. The van der Waals surface area contributed by atoms with Crippen molar-refractivity contribution >= 4 is 15.7 Å². The van der Waals surface area contributed by atoms with Crippen LogP contribution in [0.5, 0.6) is 0 Å². The highest BCUT2D eigenvalue weighted by Crippen LogP contribution is 2.26. The summed E-state index contributed by atoms with van der Waals surface area (Å²) < 4.78 is 45.8. The Hall–Kier alpha value is -2.67. The third-order valence-corrected chi connectivity index (χ3v) is 5.19. The highest BCUT2D eigenvalue weighted by Gasteiger charge is 2.26. The quantitative estimate of drug-likeness (QED) is 0.709. The number of halogens is 1. The van der Waals surface area contributed by atoms with Crippen LogP contribution in [0, 0.1) is 12.7 Å². The third-order valence-electron chi connectivity index (χ3n) is 3.40. The van der Waals surface area contributed by atoms with Crippen LogP contribution < -0.4 is 4.31 Å². The molecule has 5 nitrogen and oxygen atoms in total. The Labute approximate surface area is 139 Å². The van der Waals surface area contributed by atoms with Crippen LogP contribution in [0.3, 0.4) is 0 Å². The fourth-order valence-electron chi connectivity index (χ4n) is 2.30. The van der Waals surface area contributed by atoms with E-state index in [-0.39, 0.29) is 17.1 Å².